The van der Waals surface area contributed by atoms with E-state index in [1.165, 1.54) is 11.1 Å². The molecule has 0 aromatic heterocycles. The summed E-state index contributed by atoms with van der Waals surface area (Å²) in [7, 11) is 0. The molecular weight excluding hydrogens is 415 g/mol. The van der Waals surface area contributed by atoms with Crippen molar-refractivity contribution in [1.82, 2.24) is 9.80 Å². The Morgan fingerprint density at radius 2 is 1.73 bits per heavy atom. The van der Waals surface area contributed by atoms with E-state index in [2.05, 4.69) is 35.2 Å². The molecule has 5 heteroatoms. The number of hydrogen-bond donors (Lipinski definition) is 0. The molecule has 2 aliphatic rings. The Hall–Kier alpha value is -2.40. The zero-order valence-electron chi connectivity index (χ0n) is 20.4. The van der Waals surface area contributed by atoms with Gasteiger partial charge in [-0.05, 0) is 94.3 Å². The summed E-state index contributed by atoms with van der Waals surface area (Å²) < 4.78 is 19.6. The lowest BCUT2D eigenvalue weighted by molar-refractivity contribution is -0.0141. The number of benzene rings is 2. The lowest BCUT2D eigenvalue weighted by atomic mass is 9.62. The highest BCUT2D eigenvalue weighted by Gasteiger charge is 2.47. The van der Waals surface area contributed by atoms with Crippen LogP contribution >= 0.6 is 0 Å². The molecular formula is C28H37FN2O2. The fourth-order valence-corrected chi connectivity index (χ4v) is 5.58. The Bertz CT molecular complexity index is 962. The maximum Gasteiger partial charge on any atom is 0.410 e. The number of piperidine rings is 2. The van der Waals surface area contributed by atoms with E-state index in [1.807, 2.05) is 38.7 Å². The predicted octanol–water partition coefficient (Wildman–Crippen LogP) is 6.14. The molecule has 0 radical (unpaired) electrons. The quantitative estimate of drug-likeness (QED) is 0.561. The Labute approximate surface area is 197 Å². The Kier molecular flexibility index (Phi) is 6.81. The number of carbonyl (C=O) groups excluding carboxylic acids is 1. The van der Waals surface area contributed by atoms with Crippen LogP contribution in [0.15, 0.2) is 48.5 Å². The maximum absolute atomic E-state index is 13.9. The molecule has 0 bridgehead atoms. The van der Waals surface area contributed by atoms with E-state index in [4.69, 9.17) is 4.74 Å². The molecule has 1 amide bonds. The fraction of sp³-hybridized carbons (Fsp3) is 0.536. The van der Waals surface area contributed by atoms with Crippen molar-refractivity contribution in [3.63, 3.8) is 0 Å². The topological polar surface area (TPSA) is 32.8 Å². The zero-order valence-corrected chi connectivity index (χ0v) is 20.4. The summed E-state index contributed by atoms with van der Waals surface area (Å²) in [5.74, 6) is -0.0268. The van der Waals surface area contributed by atoms with Crippen LogP contribution in [-0.2, 0) is 11.3 Å². The van der Waals surface area contributed by atoms with E-state index in [1.54, 1.807) is 12.1 Å². The lowest BCUT2D eigenvalue weighted by Gasteiger charge is -2.52. The van der Waals surface area contributed by atoms with Gasteiger partial charge in [-0.2, -0.15) is 0 Å². The molecule has 4 nitrogen and oxygen atoms in total. The van der Waals surface area contributed by atoms with Gasteiger partial charge in [-0.1, -0.05) is 36.4 Å². The number of halogens is 1. The average Bonchev–Trinajstić information content (AvgIpc) is 2.76. The Balaban J connectivity index is 1.54. The van der Waals surface area contributed by atoms with E-state index < -0.39 is 5.60 Å². The highest BCUT2D eigenvalue weighted by molar-refractivity contribution is 5.68. The van der Waals surface area contributed by atoms with Gasteiger partial charge in [0.05, 0.1) is 0 Å². The molecule has 1 atom stereocenters. The predicted molar refractivity (Wildman–Crippen MR) is 130 cm³/mol. The third-order valence-electron chi connectivity index (χ3n) is 7.38. The molecule has 1 unspecified atom stereocenters. The number of amides is 1. The van der Waals surface area contributed by atoms with E-state index in [9.17, 15) is 9.18 Å². The molecule has 2 aromatic rings. The van der Waals surface area contributed by atoms with Crippen molar-refractivity contribution in [3.05, 3.63) is 71.0 Å². The highest BCUT2D eigenvalue weighted by atomic mass is 19.1. The minimum absolute atomic E-state index is 0.119. The standard InChI is InChI=1S/C28H37FN2O2/c1-21-18-23(29)10-11-24(21)25-20-31(26(32)33-27(2,3)4)17-14-28(25)12-15-30(16-13-28)19-22-8-6-5-7-9-22/h5-11,18,25H,12-17,19-20H2,1-4H3. The van der Waals surface area contributed by atoms with Crippen LogP contribution in [0.4, 0.5) is 9.18 Å². The average molecular weight is 453 g/mol. The maximum atomic E-state index is 13.9. The van der Waals surface area contributed by atoms with Crippen molar-refractivity contribution in [2.24, 2.45) is 5.41 Å². The summed E-state index contributed by atoms with van der Waals surface area (Å²) >= 11 is 0. The molecule has 2 fully saturated rings. The van der Waals surface area contributed by atoms with Gasteiger partial charge in [-0.25, -0.2) is 9.18 Å². The molecule has 2 saturated heterocycles. The zero-order chi connectivity index (χ0) is 23.6. The van der Waals surface area contributed by atoms with Gasteiger partial charge >= 0.3 is 6.09 Å². The first-order chi connectivity index (χ1) is 15.7. The molecule has 178 valence electrons. The van der Waals surface area contributed by atoms with Crippen LogP contribution in [0.2, 0.25) is 0 Å². The number of carbonyl (C=O) groups is 1. The number of rotatable bonds is 3. The van der Waals surface area contributed by atoms with Gasteiger partial charge in [0.1, 0.15) is 11.4 Å². The smallest absolute Gasteiger partial charge is 0.410 e. The van der Waals surface area contributed by atoms with Crippen molar-refractivity contribution in [2.45, 2.75) is 65.0 Å². The first kappa shape index (κ1) is 23.7. The van der Waals surface area contributed by atoms with Crippen LogP contribution in [0.25, 0.3) is 0 Å². The molecule has 2 aliphatic heterocycles. The minimum atomic E-state index is -0.518. The van der Waals surface area contributed by atoms with Crippen molar-refractivity contribution >= 4 is 6.09 Å². The van der Waals surface area contributed by atoms with Crippen LogP contribution in [0.5, 0.6) is 0 Å². The van der Waals surface area contributed by atoms with Crippen LogP contribution in [0.3, 0.4) is 0 Å². The lowest BCUT2D eigenvalue weighted by Crippen LogP contribution is -2.53. The molecule has 0 saturated carbocycles. The number of ether oxygens (including phenoxy) is 1. The second-order valence-corrected chi connectivity index (χ2v) is 10.9. The highest BCUT2D eigenvalue weighted by Crippen LogP contribution is 2.51. The van der Waals surface area contributed by atoms with E-state index >= 15 is 0 Å². The summed E-state index contributed by atoms with van der Waals surface area (Å²) in [6.45, 7) is 12.1. The largest absolute Gasteiger partial charge is 0.444 e. The number of hydrogen-bond acceptors (Lipinski definition) is 3. The van der Waals surface area contributed by atoms with Gasteiger partial charge in [0.25, 0.3) is 0 Å². The van der Waals surface area contributed by atoms with Crippen molar-refractivity contribution in [3.8, 4) is 0 Å². The summed E-state index contributed by atoms with van der Waals surface area (Å²) in [6.07, 6.45) is 2.88. The molecule has 4 rings (SSSR count). The number of likely N-dealkylation sites (tertiary alicyclic amines) is 2. The van der Waals surface area contributed by atoms with Crippen LogP contribution in [0.1, 0.15) is 62.6 Å². The van der Waals surface area contributed by atoms with Crippen molar-refractivity contribution in [2.75, 3.05) is 26.2 Å². The summed E-state index contributed by atoms with van der Waals surface area (Å²) in [6, 6.07) is 15.8. The summed E-state index contributed by atoms with van der Waals surface area (Å²) in [5, 5.41) is 0. The monoisotopic (exact) mass is 452 g/mol. The Morgan fingerprint density at radius 3 is 2.36 bits per heavy atom. The van der Waals surface area contributed by atoms with E-state index in [0.29, 0.717) is 13.1 Å². The Morgan fingerprint density at radius 1 is 1.06 bits per heavy atom. The van der Waals surface area contributed by atoms with Crippen LogP contribution in [0, 0.1) is 18.2 Å². The second kappa shape index (κ2) is 9.46. The van der Waals surface area contributed by atoms with Gasteiger partial charge in [0.2, 0.25) is 0 Å². The molecule has 1 spiro atoms. The normalized spacial score (nSPS) is 21.2. The third kappa shape index (κ3) is 5.57. The molecule has 2 aromatic carbocycles. The number of nitrogens with zero attached hydrogens (tertiary/aromatic N) is 2. The van der Waals surface area contributed by atoms with Gasteiger partial charge in [-0.15, -0.1) is 0 Å². The summed E-state index contributed by atoms with van der Waals surface area (Å²) in [4.78, 5) is 17.3. The van der Waals surface area contributed by atoms with Gasteiger partial charge < -0.3 is 9.64 Å². The summed E-state index contributed by atoms with van der Waals surface area (Å²) in [5.41, 5.74) is 3.09. The van der Waals surface area contributed by atoms with E-state index in [0.717, 1.165) is 44.5 Å². The molecule has 33 heavy (non-hydrogen) atoms. The third-order valence-corrected chi connectivity index (χ3v) is 7.38. The van der Waals surface area contributed by atoms with E-state index in [-0.39, 0.29) is 23.2 Å². The first-order valence-corrected chi connectivity index (χ1v) is 12.2. The molecule has 0 N–H and O–H groups in total. The number of aryl methyl sites for hydroxylation is 1. The van der Waals surface area contributed by atoms with Crippen molar-refractivity contribution in [1.29, 1.82) is 0 Å². The fourth-order valence-electron chi connectivity index (χ4n) is 5.58. The van der Waals surface area contributed by atoms with Crippen LogP contribution < -0.4 is 0 Å². The molecule has 0 aliphatic carbocycles. The van der Waals surface area contributed by atoms with Gasteiger partial charge in [0, 0.05) is 25.6 Å². The minimum Gasteiger partial charge on any atom is -0.444 e. The first-order valence-electron chi connectivity index (χ1n) is 12.2. The van der Waals surface area contributed by atoms with Gasteiger partial charge in [0.15, 0.2) is 0 Å². The van der Waals surface area contributed by atoms with Gasteiger partial charge in [-0.3, -0.25) is 4.90 Å². The van der Waals surface area contributed by atoms with Crippen LogP contribution in [-0.4, -0.2) is 47.7 Å². The van der Waals surface area contributed by atoms with Crippen molar-refractivity contribution < 1.29 is 13.9 Å². The molecule has 2 heterocycles. The second-order valence-electron chi connectivity index (χ2n) is 10.9. The SMILES string of the molecule is Cc1cc(F)ccc1C1CN(C(=O)OC(C)(C)C)CCC12CCN(Cc1ccccc1)CC2.